The van der Waals surface area contributed by atoms with Crippen LogP contribution in [0.1, 0.15) is 46.8 Å². The molecule has 8 nitrogen and oxygen atoms in total. The van der Waals surface area contributed by atoms with Gasteiger partial charge in [-0.1, -0.05) is 35.9 Å². The molecular formula is C31H32ClN5O3. The number of halogens is 1. The lowest BCUT2D eigenvalue weighted by molar-refractivity contribution is -0.384. The molecule has 0 radical (unpaired) electrons. The summed E-state index contributed by atoms with van der Waals surface area (Å²) in [6, 6.07) is 20.0. The second-order valence-electron chi connectivity index (χ2n) is 10.6. The van der Waals surface area contributed by atoms with Crippen molar-refractivity contribution in [1.29, 1.82) is 0 Å². The maximum atomic E-state index is 14.0. The maximum absolute atomic E-state index is 14.0. The van der Waals surface area contributed by atoms with Crippen LogP contribution in [0.2, 0.25) is 5.02 Å². The summed E-state index contributed by atoms with van der Waals surface area (Å²) in [6.45, 7) is 0. The Labute approximate surface area is 239 Å². The van der Waals surface area contributed by atoms with Gasteiger partial charge in [-0.15, -0.1) is 0 Å². The molecule has 1 amide bonds. The van der Waals surface area contributed by atoms with Crippen molar-refractivity contribution in [2.75, 3.05) is 38.0 Å². The predicted octanol–water partition coefficient (Wildman–Crippen LogP) is 6.82. The minimum atomic E-state index is -0.525. The average Bonchev–Trinajstić information content (AvgIpc) is 3.34. The number of non-ortho nitro benzene ring substituents is 1. The van der Waals surface area contributed by atoms with E-state index in [1.807, 2.05) is 57.4 Å². The van der Waals surface area contributed by atoms with Crippen molar-refractivity contribution >= 4 is 46.4 Å². The van der Waals surface area contributed by atoms with Crippen molar-refractivity contribution in [2.24, 2.45) is 11.0 Å². The first-order valence-electron chi connectivity index (χ1n) is 13.3. The van der Waals surface area contributed by atoms with Crippen molar-refractivity contribution < 1.29 is 9.72 Å². The van der Waals surface area contributed by atoms with E-state index in [2.05, 4.69) is 35.2 Å². The van der Waals surface area contributed by atoms with Gasteiger partial charge in [0.2, 0.25) is 0 Å². The number of hydrazone groups is 1. The molecular weight excluding hydrogens is 526 g/mol. The van der Waals surface area contributed by atoms with E-state index in [4.69, 9.17) is 16.7 Å². The zero-order valence-corrected chi connectivity index (χ0v) is 23.8. The molecule has 2 unspecified atom stereocenters. The van der Waals surface area contributed by atoms with Gasteiger partial charge in [-0.3, -0.25) is 14.9 Å². The van der Waals surface area contributed by atoms with Gasteiger partial charge < -0.3 is 9.80 Å². The van der Waals surface area contributed by atoms with Gasteiger partial charge in [-0.05, 0) is 72.4 Å². The van der Waals surface area contributed by atoms with Crippen molar-refractivity contribution in [3.63, 3.8) is 0 Å². The summed E-state index contributed by atoms with van der Waals surface area (Å²) < 4.78 is 0. The van der Waals surface area contributed by atoms with E-state index in [9.17, 15) is 14.9 Å². The van der Waals surface area contributed by atoms with Crippen LogP contribution in [0, 0.1) is 16.0 Å². The molecule has 0 bridgehead atoms. The zero-order valence-electron chi connectivity index (χ0n) is 23.0. The van der Waals surface area contributed by atoms with Crippen LogP contribution in [-0.2, 0) is 0 Å². The number of hydrogen-bond acceptors (Lipinski definition) is 6. The Balaban J connectivity index is 1.58. The van der Waals surface area contributed by atoms with E-state index in [0.29, 0.717) is 0 Å². The standard InChI is InChI=1S/C31H32ClN5O3/c1-34(2)23-12-8-20(9-13-23)18-22-6-5-7-26-29(22)33-36(30(26)21-10-14-24(15-11-21)35(3)4)31(38)27-19-25(37(39)40)16-17-28(27)32/h8-19,26,30H,5-7H2,1-4H3. The second kappa shape index (κ2) is 11.1. The number of amides is 1. The van der Waals surface area contributed by atoms with E-state index >= 15 is 0 Å². The molecule has 1 heterocycles. The molecule has 1 aliphatic heterocycles. The topological polar surface area (TPSA) is 82.3 Å². The van der Waals surface area contributed by atoms with Crippen LogP contribution >= 0.6 is 11.6 Å². The Hall–Kier alpha value is -4.17. The number of benzene rings is 3. The number of anilines is 2. The van der Waals surface area contributed by atoms with Gasteiger partial charge in [0, 0.05) is 57.6 Å². The van der Waals surface area contributed by atoms with E-state index in [1.54, 1.807) is 0 Å². The lowest BCUT2D eigenvalue weighted by Gasteiger charge is -2.30. The number of carbonyl (C=O) groups excluding carboxylic acids is 1. The minimum Gasteiger partial charge on any atom is -0.378 e. The number of carbonyl (C=O) groups is 1. The van der Waals surface area contributed by atoms with Crippen LogP contribution in [0.5, 0.6) is 0 Å². The Kier molecular flexibility index (Phi) is 7.63. The quantitative estimate of drug-likeness (QED) is 0.245. The first-order valence-corrected chi connectivity index (χ1v) is 13.6. The molecule has 206 valence electrons. The second-order valence-corrected chi connectivity index (χ2v) is 11.0. The molecule has 0 saturated heterocycles. The summed E-state index contributed by atoms with van der Waals surface area (Å²) in [5.74, 6) is -0.459. The van der Waals surface area contributed by atoms with Gasteiger partial charge in [0.1, 0.15) is 0 Å². The number of nitro benzene ring substituents is 1. The summed E-state index contributed by atoms with van der Waals surface area (Å²) >= 11 is 6.41. The van der Waals surface area contributed by atoms with Gasteiger partial charge in [0.05, 0.1) is 27.3 Å². The maximum Gasteiger partial charge on any atom is 0.276 e. The summed E-state index contributed by atoms with van der Waals surface area (Å²) in [7, 11) is 7.98. The van der Waals surface area contributed by atoms with Gasteiger partial charge in [-0.25, -0.2) is 5.01 Å². The summed E-state index contributed by atoms with van der Waals surface area (Å²) in [5, 5.41) is 18.0. The van der Waals surface area contributed by atoms with Crippen LogP contribution < -0.4 is 9.80 Å². The highest BCUT2D eigenvalue weighted by atomic mass is 35.5. The van der Waals surface area contributed by atoms with Gasteiger partial charge in [0.25, 0.3) is 11.6 Å². The molecule has 5 rings (SSSR count). The van der Waals surface area contributed by atoms with Crippen molar-refractivity contribution in [2.45, 2.75) is 25.3 Å². The van der Waals surface area contributed by atoms with Crippen molar-refractivity contribution in [3.05, 3.63) is 104 Å². The third kappa shape index (κ3) is 5.31. The zero-order chi connectivity index (χ0) is 28.6. The number of nitro groups is 1. The molecule has 0 N–H and O–H groups in total. The third-order valence-corrected chi connectivity index (χ3v) is 7.93. The monoisotopic (exact) mass is 557 g/mol. The Morgan fingerprint density at radius 1 is 1.00 bits per heavy atom. The molecule has 9 heteroatoms. The normalized spacial score (nSPS) is 19.3. The molecule has 2 atom stereocenters. The molecule has 3 aromatic rings. The molecule has 1 aliphatic carbocycles. The summed E-state index contributed by atoms with van der Waals surface area (Å²) in [5.41, 5.74) is 6.07. The van der Waals surface area contributed by atoms with Crippen LogP contribution in [0.3, 0.4) is 0 Å². The molecule has 1 fully saturated rings. The first-order chi connectivity index (χ1) is 19.1. The van der Waals surface area contributed by atoms with Crippen LogP contribution in [-0.4, -0.2) is 49.7 Å². The van der Waals surface area contributed by atoms with Gasteiger partial charge >= 0.3 is 0 Å². The van der Waals surface area contributed by atoms with Crippen molar-refractivity contribution in [3.8, 4) is 0 Å². The van der Waals surface area contributed by atoms with Crippen LogP contribution in [0.25, 0.3) is 6.08 Å². The number of allylic oxidation sites excluding steroid dienone is 1. The fourth-order valence-corrected chi connectivity index (χ4v) is 5.65. The van der Waals surface area contributed by atoms with Gasteiger partial charge in [-0.2, -0.15) is 5.10 Å². The largest absolute Gasteiger partial charge is 0.378 e. The SMILES string of the molecule is CN(C)c1ccc(C=C2CCCC3C2=NN(C(=O)c2cc([N+](=O)[O-])ccc2Cl)C3c2ccc(N(C)C)cc2)cc1. The molecule has 2 aliphatic rings. The number of hydrogen-bond donors (Lipinski definition) is 0. The smallest absolute Gasteiger partial charge is 0.276 e. The fraction of sp³-hybridized carbons (Fsp3) is 0.290. The highest BCUT2D eigenvalue weighted by Crippen LogP contribution is 2.45. The van der Waals surface area contributed by atoms with Crippen LogP contribution in [0.4, 0.5) is 17.1 Å². The number of rotatable bonds is 6. The number of nitrogens with zero attached hydrogens (tertiary/aromatic N) is 5. The van der Waals surface area contributed by atoms with E-state index in [1.165, 1.54) is 23.2 Å². The lowest BCUT2D eigenvalue weighted by Crippen LogP contribution is -2.32. The Bertz CT molecular complexity index is 1500. The first kappa shape index (κ1) is 27.4. The highest BCUT2D eigenvalue weighted by Gasteiger charge is 2.44. The van der Waals surface area contributed by atoms with E-state index < -0.39 is 10.8 Å². The van der Waals surface area contributed by atoms with Crippen LogP contribution in [0.15, 0.2) is 77.4 Å². The average molecular weight is 558 g/mol. The Morgan fingerprint density at radius 3 is 2.23 bits per heavy atom. The molecule has 40 heavy (non-hydrogen) atoms. The summed E-state index contributed by atoms with van der Waals surface area (Å²) in [6.07, 6.45) is 4.86. The molecule has 0 aromatic heterocycles. The summed E-state index contributed by atoms with van der Waals surface area (Å²) in [4.78, 5) is 29.0. The van der Waals surface area contributed by atoms with E-state index in [0.717, 1.165) is 53.0 Å². The lowest BCUT2D eigenvalue weighted by atomic mass is 9.77. The third-order valence-electron chi connectivity index (χ3n) is 7.60. The molecule has 3 aromatic carbocycles. The minimum absolute atomic E-state index is 0.00678. The van der Waals surface area contributed by atoms with Gasteiger partial charge in [0.15, 0.2) is 0 Å². The van der Waals surface area contributed by atoms with Crippen molar-refractivity contribution in [1.82, 2.24) is 5.01 Å². The highest BCUT2D eigenvalue weighted by molar-refractivity contribution is 6.34. The van der Waals surface area contributed by atoms with E-state index in [-0.39, 0.29) is 28.2 Å². The number of fused-ring (bicyclic) bond motifs is 1. The molecule has 1 saturated carbocycles. The predicted molar refractivity (Wildman–Crippen MR) is 161 cm³/mol. The fourth-order valence-electron chi connectivity index (χ4n) is 5.45. The Morgan fingerprint density at radius 2 is 1.62 bits per heavy atom. The molecule has 0 spiro atoms.